The topological polar surface area (TPSA) is 65.1 Å². The Labute approximate surface area is 181 Å². The molecule has 0 unspecified atom stereocenters. The zero-order chi connectivity index (χ0) is 21.5. The van der Waals surface area contributed by atoms with Gasteiger partial charge >= 0.3 is 5.97 Å². The third kappa shape index (κ3) is 5.54. The second kappa shape index (κ2) is 10.2. The van der Waals surface area contributed by atoms with Crippen LogP contribution < -0.4 is 9.47 Å². The molecule has 0 saturated carbocycles. The highest BCUT2D eigenvalue weighted by atomic mass is 35.5. The van der Waals surface area contributed by atoms with E-state index in [0.717, 1.165) is 11.1 Å². The van der Waals surface area contributed by atoms with Gasteiger partial charge in [-0.1, -0.05) is 48.9 Å². The summed E-state index contributed by atoms with van der Waals surface area (Å²) in [6.07, 6.45) is 3.14. The molecule has 1 aliphatic rings. The molecule has 2 aromatic carbocycles. The predicted molar refractivity (Wildman–Crippen MR) is 115 cm³/mol. The average molecular weight is 430 g/mol. The van der Waals surface area contributed by atoms with Crippen molar-refractivity contribution in [3.05, 3.63) is 64.7 Å². The predicted octanol–water partition coefficient (Wildman–Crippen LogP) is 3.96. The number of hydrogen-bond donors (Lipinski definition) is 0. The van der Waals surface area contributed by atoms with Crippen LogP contribution in [0.15, 0.2) is 48.5 Å². The van der Waals surface area contributed by atoms with E-state index in [0.29, 0.717) is 36.3 Å². The van der Waals surface area contributed by atoms with E-state index in [9.17, 15) is 9.59 Å². The number of carbonyl (C=O) groups excluding carboxylic acids is 2. The maximum atomic E-state index is 12.9. The maximum Gasteiger partial charge on any atom is 0.310 e. The number of carbonyl (C=O) groups is 2. The minimum absolute atomic E-state index is 0.222. The van der Waals surface area contributed by atoms with E-state index in [1.165, 1.54) is 13.2 Å². The summed E-state index contributed by atoms with van der Waals surface area (Å²) >= 11 is 6.27. The number of fused-ring (bicyclic) bond motifs is 1. The molecule has 7 heteroatoms. The zero-order valence-corrected chi connectivity index (χ0v) is 17.7. The van der Waals surface area contributed by atoms with Gasteiger partial charge < -0.3 is 19.1 Å². The molecule has 1 heterocycles. The lowest BCUT2D eigenvalue weighted by atomic mass is 10.1. The number of methoxy groups -OCH3 is 1. The molecule has 0 aromatic heterocycles. The van der Waals surface area contributed by atoms with Gasteiger partial charge in [0.25, 0.3) is 0 Å². The van der Waals surface area contributed by atoms with Gasteiger partial charge in [0.1, 0.15) is 13.2 Å². The second-order valence-corrected chi connectivity index (χ2v) is 7.40. The third-order valence-electron chi connectivity index (χ3n) is 4.66. The van der Waals surface area contributed by atoms with Crippen molar-refractivity contribution in [2.24, 2.45) is 5.92 Å². The van der Waals surface area contributed by atoms with E-state index < -0.39 is 5.92 Å². The molecule has 0 aliphatic carbocycles. The van der Waals surface area contributed by atoms with Crippen molar-refractivity contribution in [1.29, 1.82) is 0 Å². The van der Waals surface area contributed by atoms with Crippen molar-refractivity contribution >= 4 is 29.6 Å². The van der Waals surface area contributed by atoms with Crippen LogP contribution in [-0.4, -0.2) is 43.6 Å². The van der Waals surface area contributed by atoms with E-state index in [1.807, 2.05) is 30.3 Å². The van der Waals surface area contributed by atoms with E-state index in [-0.39, 0.29) is 18.4 Å². The standard InChI is InChI=1S/C23H24ClNO5/c1-16(23(27)28-2)14-25(15-17-6-4-3-5-7-17)21(26)9-8-18-12-19(24)22-20(13-18)29-10-11-30-22/h3-9,12-13,16H,10-11,14-15H2,1-2H3/b9-8-/t16-/m0/s1. The first-order valence-electron chi connectivity index (χ1n) is 9.66. The summed E-state index contributed by atoms with van der Waals surface area (Å²) in [7, 11) is 1.34. The van der Waals surface area contributed by atoms with Crippen molar-refractivity contribution in [2.75, 3.05) is 26.9 Å². The smallest absolute Gasteiger partial charge is 0.310 e. The average Bonchev–Trinajstić information content (AvgIpc) is 2.77. The first-order chi connectivity index (χ1) is 14.5. The number of benzene rings is 2. The largest absolute Gasteiger partial charge is 0.486 e. The zero-order valence-electron chi connectivity index (χ0n) is 17.0. The van der Waals surface area contributed by atoms with Gasteiger partial charge in [0.05, 0.1) is 18.1 Å². The Bertz CT molecular complexity index is 929. The Morgan fingerprint density at radius 3 is 2.67 bits per heavy atom. The van der Waals surface area contributed by atoms with Crippen LogP contribution in [0.1, 0.15) is 18.1 Å². The minimum Gasteiger partial charge on any atom is -0.486 e. The van der Waals surface area contributed by atoms with Crippen LogP contribution in [0.2, 0.25) is 5.02 Å². The van der Waals surface area contributed by atoms with Crippen molar-refractivity contribution < 1.29 is 23.8 Å². The third-order valence-corrected chi connectivity index (χ3v) is 4.94. The van der Waals surface area contributed by atoms with Gasteiger partial charge in [-0.25, -0.2) is 0 Å². The highest BCUT2D eigenvalue weighted by Crippen LogP contribution is 2.38. The van der Waals surface area contributed by atoms with Gasteiger partial charge in [-0.15, -0.1) is 0 Å². The minimum atomic E-state index is -0.445. The molecule has 30 heavy (non-hydrogen) atoms. The second-order valence-electron chi connectivity index (χ2n) is 6.99. The van der Waals surface area contributed by atoms with Gasteiger partial charge in [-0.3, -0.25) is 9.59 Å². The van der Waals surface area contributed by atoms with Crippen LogP contribution in [0.3, 0.4) is 0 Å². The van der Waals surface area contributed by atoms with Crippen LogP contribution in [0, 0.1) is 5.92 Å². The van der Waals surface area contributed by atoms with Crippen molar-refractivity contribution in [3.63, 3.8) is 0 Å². The number of nitrogens with zero attached hydrogens (tertiary/aromatic N) is 1. The summed E-state index contributed by atoms with van der Waals surface area (Å²) in [5.74, 6) is 0.0502. The monoisotopic (exact) mass is 429 g/mol. The van der Waals surface area contributed by atoms with Crippen molar-refractivity contribution in [2.45, 2.75) is 13.5 Å². The van der Waals surface area contributed by atoms with Gasteiger partial charge in [-0.05, 0) is 29.3 Å². The molecule has 2 aromatic rings. The Morgan fingerprint density at radius 2 is 1.93 bits per heavy atom. The molecule has 1 atom stereocenters. The molecule has 0 radical (unpaired) electrons. The van der Waals surface area contributed by atoms with Gasteiger partial charge in [0, 0.05) is 19.2 Å². The Hall–Kier alpha value is -2.99. The summed E-state index contributed by atoms with van der Waals surface area (Å²) in [6.45, 7) is 3.26. The molecule has 6 nitrogen and oxygen atoms in total. The summed E-state index contributed by atoms with van der Waals surface area (Å²) in [6, 6.07) is 13.1. The van der Waals surface area contributed by atoms with Crippen LogP contribution >= 0.6 is 11.6 Å². The molecule has 1 aliphatic heterocycles. The Morgan fingerprint density at radius 1 is 1.20 bits per heavy atom. The number of hydrogen-bond acceptors (Lipinski definition) is 5. The summed E-state index contributed by atoms with van der Waals surface area (Å²) < 4.78 is 15.9. The van der Waals surface area contributed by atoms with E-state index in [4.69, 9.17) is 25.8 Å². The Kier molecular flexibility index (Phi) is 7.36. The van der Waals surface area contributed by atoms with Crippen LogP contribution in [0.25, 0.3) is 6.08 Å². The SMILES string of the molecule is COC(=O)[C@@H](C)CN(Cc1ccccc1)C(=O)/C=C\c1cc(Cl)c2c(c1)OCCO2. The van der Waals surface area contributed by atoms with E-state index in [2.05, 4.69) is 0 Å². The maximum absolute atomic E-state index is 12.9. The number of rotatable bonds is 7. The molecule has 158 valence electrons. The van der Waals surface area contributed by atoms with Crippen LogP contribution in [0.5, 0.6) is 11.5 Å². The molecule has 0 N–H and O–H groups in total. The normalized spacial score (nSPS) is 13.7. The fraction of sp³-hybridized carbons (Fsp3) is 0.304. The number of halogens is 1. The highest BCUT2D eigenvalue weighted by molar-refractivity contribution is 6.32. The van der Waals surface area contributed by atoms with Gasteiger partial charge in [0.2, 0.25) is 5.91 Å². The molecule has 0 bridgehead atoms. The summed E-state index contributed by atoms with van der Waals surface area (Å²) in [5, 5.41) is 0.430. The van der Waals surface area contributed by atoms with E-state index in [1.54, 1.807) is 30.0 Å². The van der Waals surface area contributed by atoms with Crippen molar-refractivity contribution in [1.82, 2.24) is 4.90 Å². The highest BCUT2D eigenvalue weighted by Gasteiger charge is 2.21. The number of amides is 1. The lowest BCUT2D eigenvalue weighted by Crippen LogP contribution is -2.35. The first kappa shape index (κ1) is 21.7. The fourth-order valence-corrected chi connectivity index (χ4v) is 3.42. The molecule has 1 amide bonds. The van der Waals surface area contributed by atoms with Gasteiger partial charge in [0.15, 0.2) is 11.5 Å². The fourth-order valence-electron chi connectivity index (χ4n) is 3.14. The summed E-state index contributed by atoms with van der Waals surface area (Å²) in [4.78, 5) is 26.4. The molecule has 0 spiro atoms. The summed E-state index contributed by atoms with van der Waals surface area (Å²) in [5.41, 5.74) is 1.69. The molecule has 0 fully saturated rings. The van der Waals surface area contributed by atoms with Crippen molar-refractivity contribution in [3.8, 4) is 11.5 Å². The molecule has 0 saturated heterocycles. The Balaban J connectivity index is 1.78. The number of ether oxygens (including phenoxy) is 3. The quantitative estimate of drug-likeness (QED) is 0.492. The number of esters is 1. The molecule has 3 rings (SSSR count). The van der Waals surface area contributed by atoms with Gasteiger partial charge in [-0.2, -0.15) is 0 Å². The lowest BCUT2D eigenvalue weighted by Gasteiger charge is -2.24. The molecular weight excluding hydrogens is 406 g/mol. The molecular formula is C23H24ClNO5. The van der Waals surface area contributed by atoms with Crippen LogP contribution in [-0.2, 0) is 20.9 Å². The lowest BCUT2D eigenvalue weighted by molar-refractivity contribution is -0.146. The first-order valence-corrected chi connectivity index (χ1v) is 10.0. The van der Waals surface area contributed by atoms with Crippen LogP contribution in [0.4, 0.5) is 0 Å². The van der Waals surface area contributed by atoms with E-state index >= 15 is 0 Å².